The van der Waals surface area contributed by atoms with Gasteiger partial charge in [-0.25, -0.2) is 13.1 Å². The first kappa shape index (κ1) is 18.2. The Kier molecular flexibility index (Phi) is 4.84. The number of pyridine rings is 1. The molecular weight excluding hydrogens is 369 g/mol. The minimum absolute atomic E-state index is 0.187. The second-order valence-corrected chi connectivity index (χ2v) is 7.12. The summed E-state index contributed by atoms with van der Waals surface area (Å²) in [6.45, 7) is -0.187. The molecule has 0 saturated carbocycles. The van der Waals surface area contributed by atoms with Crippen LogP contribution >= 0.6 is 0 Å². The Morgan fingerprint density at radius 1 is 1.08 bits per heavy atom. The van der Waals surface area contributed by atoms with Crippen LogP contribution in [0, 0.1) is 0 Å². The maximum absolute atomic E-state index is 13.0. The maximum atomic E-state index is 13.0. The summed E-state index contributed by atoms with van der Waals surface area (Å²) in [6, 6.07) is 9.05. The number of nitrogens with one attached hydrogen (secondary N) is 1. The SMILES string of the molecule is O=S(=O)(NCc1ccc(-c2ccoc2)nc1)c1ccccc1C(F)(F)F. The molecule has 0 atom stereocenters. The normalized spacial score (nSPS) is 12.3. The number of benzene rings is 1. The van der Waals surface area contributed by atoms with Crippen LogP contribution in [0.3, 0.4) is 0 Å². The average Bonchev–Trinajstić information content (AvgIpc) is 3.14. The van der Waals surface area contributed by atoms with Gasteiger partial charge < -0.3 is 4.42 Å². The van der Waals surface area contributed by atoms with Crippen LogP contribution < -0.4 is 4.72 Å². The van der Waals surface area contributed by atoms with E-state index in [2.05, 4.69) is 9.71 Å². The lowest BCUT2D eigenvalue weighted by molar-refractivity contribution is -0.139. The summed E-state index contributed by atoms with van der Waals surface area (Å²) in [7, 11) is -4.34. The van der Waals surface area contributed by atoms with Gasteiger partial charge in [0.2, 0.25) is 10.0 Å². The molecule has 0 amide bonds. The van der Waals surface area contributed by atoms with Crippen LogP contribution in [-0.4, -0.2) is 13.4 Å². The smallest absolute Gasteiger partial charge is 0.417 e. The van der Waals surface area contributed by atoms with E-state index in [-0.39, 0.29) is 6.54 Å². The van der Waals surface area contributed by atoms with Gasteiger partial charge in [-0.3, -0.25) is 4.98 Å². The van der Waals surface area contributed by atoms with Crippen molar-refractivity contribution in [2.24, 2.45) is 0 Å². The first-order valence-corrected chi connectivity index (χ1v) is 8.89. The van der Waals surface area contributed by atoms with Gasteiger partial charge in [-0.05, 0) is 29.8 Å². The number of halogens is 3. The average molecular weight is 382 g/mol. The molecule has 0 aliphatic heterocycles. The molecule has 0 bridgehead atoms. The first-order valence-electron chi connectivity index (χ1n) is 7.41. The Hall–Kier alpha value is -2.65. The molecular formula is C17H13F3N2O3S. The van der Waals surface area contributed by atoms with Crippen molar-refractivity contribution in [3.05, 3.63) is 72.3 Å². The van der Waals surface area contributed by atoms with E-state index < -0.39 is 26.7 Å². The Morgan fingerprint density at radius 3 is 2.46 bits per heavy atom. The van der Waals surface area contributed by atoms with Gasteiger partial charge in [0.15, 0.2) is 0 Å². The molecule has 1 aromatic carbocycles. The summed E-state index contributed by atoms with van der Waals surface area (Å²) in [5.74, 6) is 0. The predicted molar refractivity (Wildman–Crippen MR) is 87.4 cm³/mol. The fraction of sp³-hybridized carbons (Fsp3) is 0.118. The zero-order valence-electron chi connectivity index (χ0n) is 13.2. The number of rotatable bonds is 5. The number of nitrogens with zero attached hydrogens (tertiary/aromatic N) is 1. The quantitative estimate of drug-likeness (QED) is 0.728. The molecule has 0 aliphatic carbocycles. The Balaban J connectivity index is 1.77. The van der Waals surface area contributed by atoms with Gasteiger partial charge in [-0.15, -0.1) is 0 Å². The van der Waals surface area contributed by atoms with E-state index in [1.165, 1.54) is 24.8 Å². The number of furan rings is 1. The molecule has 136 valence electrons. The highest BCUT2D eigenvalue weighted by Gasteiger charge is 2.36. The molecule has 3 aromatic rings. The van der Waals surface area contributed by atoms with E-state index in [0.29, 0.717) is 11.3 Å². The van der Waals surface area contributed by atoms with Gasteiger partial charge in [0.25, 0.3) is 0 Å². The largest absolute Gasteiger partial charge is 0.472 e. The topological polar surface area (TPSA) is 72.2 Å². The molecule has 9 heteroatoms. The Morgan fingerprint density at radius 2 is 1.85 bits per heavy atom. The highest BCUT2D eigenvalue weighted by molar-refractivity contribution is 7.89. The van der Waals surface area contributed by atoms with Crippen molar-refractivity contribution in [1.29, 1.82) is 0 Å². The number of sulfonamides is 1. The van der Waals surface area contributed by atoms with Gasteiger partial charge in [0, 0.05) is 18.3 Å². The molecule has 1 N–H and O–H groups in total. The highest BCUT2D eigenvalue weighted by atomic mass is 32.2. The second kappa shape index (κ2) is 6.93. The molecule has 0 radical (unpaired) electrons. The summed E-state index contributed by atoms with van der Waals surface area (Å²) >= 11 is 0. The van der Waals surface area contributed by atoms with Crippen molar-refractivity contribution in [1.82, 2.24) is 9.71 Å². The van der Waals surface area contributed by atoms with Crippen molar-refractivity contribution in [3.63, 3.8) is 0 Å². The molecule has 0 spiro atoms. The van der Waals surface area contributed by atoms with Crippen molar-refractivity contribution >= 4 is 10.0 Å². The van der Waals surface area contributed by atoms with Gasteiger partial charge in [-0.1, -0.05) is 18.2 Å². The van der Waals surface area contributed by atoms with Crippen LogP contribution in [0.25, 0.3) is 11.3 Å². The van der Waals surface area contributed by atoms with Crippen LogP contribution in [0.1, 0.15) is 11.1 Å². The molecule has 5 nitrogen and oxygen atoms in total. The zero-order chi connectivity index (χ0) is 18.8. The molecule has 2 aromatic heterocycles. The third-order valence-electron chi connectivity index (χ3n) is 3.59. The minimum atomic E-state index is -4.76. The second-order valence-electron chi connectivity index (χ2n) is 5.38. The van der Waals surface area contributed by atoms with E-state index in [1.807, 2.05) is 0 Å². The highest BCUT2D eigenvalue weighted by Crippen LogP contribution is 2.33. The van der Waals surface area contributed by atoms with E-state index in [1.54, 1.807) is 18.2 Å². The predicted octanol–water partition coefficient (Wildman–Crippen LogP) is 3.84. The maximum Gasteiger partial charge on any atom is 0.417 e. The lowest BCUT2D eigenvalue weighted by Crippen LogP contribution is -2.26. The fourth-order valence-corrected chi connectivity index (χ4v) is 3.54. The molecule has 0 fully saturated rings. The third-order valence-corrected chi connectivity index (χ3v) is 5.05. The van der Waals surface area contributed by atoms with Crippen molar-refractivity contribution < 1.29 is 26.0 Å². The fourth-order valence-electron chi connectivity index (χ4n) is 2.30. The standard InChI is InChI=1S/C17H13F3N2O3S/c18-17(19,20)14-3-1-2-4-16(14)26(23,24)22-10-12-5-6-15(21-9-12)13-7-8-25-11-13/h1-9,11,22H,10H2. The van der Waals surface area contributed by atoms with Crippen LogP contribution in [0.5, 0.6) is 0 Å². The van der Waals surface area contributed by atoms with Crippen molar-refractivity contribution in [3.8, 4) is 11.3 Å². The van der Waals surface area contributed by atoms with E-state index >= 15 is 0 Å². The van der Waals surface area contributed by atoms with Crippen LogP contribution in [-0.2, 0) is 22.7 Å². The number of hydrogen-bond donors (Lipinski definition) is 1. The van der Waals surface area contributed by atoms with Gasteiger partial charge in [0.1, 0.15) is 0 Å². The first-order chi connectivity index (χ1) is 12.3. The van der Waals surface area contributed by atoms with Crippen molar-refractivity contribution in [2.75, 3.05) is 0 Å². The lowest BCUT2D eigenvalue weighted by atomic mass is 10.2. The van der Waals surface area contributed by atoms with Gasteiger partial charge >= 0.3 is 6.18 Å². The van der Waals surface area contributed by atoms with E-state index in [9.17, 15) is 21.6 Å². The summed E-state index contributed by atoms with van der Waals surface area (Å²) in [4.78, 5) is 3.37. The molecule has 2 heterocycles. The molecule has 0 aliphatic rings. The summed E-state index contributed by atoms with van der Waals surface area (Å²) in [6.07, 6.45) is -0.310. The zero-order valence-corrected chi connectivity index (χ0v) is 14.0. The molecule has 0 saturated heterocycles. The van der Waals surface area contributed by atoms with Gasteiger partial charge in [0.05, 0.1) is 28.7 Å². The third kappa shape index (κ3) is 3.94. The molecule has 3 rings (SSSR count). The number of aromatic nitrogens is 1. The summed E-state index contributed by atoms with van der Waals surface area (Å²) in [5, 5.41) is 0. The van der Waals surface area contributed by atoms with Crippen molar-refractivity contribution in [2.45, 2.75) is 17.6 Å². The summed E-state index contributed by atoms with van der Waals surface area (Å²) in [5.41, 5.74) is 0.690. The van der Waals surface area contributed by atoms with Crippen LogP contribution in [0.15, 0.2) is 70.5 Å². The van der Waals surface area contributed by atoms with E-state index in [0.717, 1.165) is 23.8 Å². The Bertz CT molecular complexity index is 983. The van der Waals surface area contributed by atoms with E-state index in [4.69, 9.17) is 4.42 Å². The monoisotopic (exact) mass is 382 g/mol. The van der Waals surface area contributed by atoms with Crippen LogP contribution in [0.4, 0.5) is 13.2 Å². The lowest BCUT2D eigenvalue weighted by Gasteiger charge is -2.13. The van der Waals surface area contributed by atoms with Crippen LogP contribution in [0.2, 0.25) is 0 Å². The molecule has 26 heavy (non-hydrogen) atoms. The Labute approximate surface area is 147 Å². The minimum Gasteiger partial charge on any atom is -0.472 e. The summed E-state index contributed by atoms with van der Waals surface area (Å²) < 4.78 is 70.7. The number of alkyl halides is 3. The molecule has 0 unspecified atom stereocenters. The van der Waals surface area contributed by atoms with Gasteiger partial charge in [-0.2, -0.15) is 13.2 Å². The number of hydrogen-bond acceptors (Lipinski definition) is 4.